The number of alkyl halides is 3. The fourth-order valence-electron chi connectivity index (χ4n) is 1.52. The molecule has 0 saturated heterocycles. The van der Waals surface area contributed by atoms with Crippen LogP contribution in [-0.2, 0) is 12.6 Å². The molecule has 0 atom stereocenters. The summed E-state index contributed by atoms with van der Waals surface area (Å²) in [6.07, 6.45) is -2.81. The first kappa shape index (κ1) is 14.1. The van der Waals surface area contributed by atoms with E-state index in [0.29, 0.717) is 18.8 Å². The zero-order chi connectivity index (χ0) is 14.6. The van der Waals surface area contributed by atoms with Gasteiger partial charge in [-0.15, -0.1) is 0 Å². The predicted molar refractivity (Wildman–Crippen MR) is 65.3 cm³/mol. The van der Waals surface area contributed by atoms with Gasteiger partial charge in [0.05, 0.1) is 5.56 Å². The van der Waals surface area contributed by atoms with Crippen molar-refractivity contribution in [2.24, 2.45) is 0 Å². The van der Waals surface area contributed by atoms with E-state index in [9.17, 15) is 13.2 Å². The van der Waals surface area contributed by atoms with Crippen LogP contribution in [0.4, 0.5) is 24.8 Å². The molecule has 0 fully saturated rings. The van der Waals surface area contributed by atoms with Gasteiger partial charge >= 0.3 is 6.18 Å². The number of hydrogen-bond donors (Lipinski definition) is 2. The topological polar surface area (TPSA) is 75.9 Å². The van der Waals surface area contributed by atoms with Crippen molar-refractivity contribution < 1.29 is 17.7 Å². The molecule has 0 radical (unpaired) electrons. The average Bonchev–Trinajstić information content (AvgIpc) is 2.90. The summed E-state index contributed by atoms with van der Waals surface area (Å²) in [6, 6.07) is 1.90. The first-order valence-corrected chi connectivity index (χ1v) is 5.75. The van der Waals surface area contributed by atoms with Gasteiger partial charge in [0.2, 0.25) is 6.39 Å². The maximum Gasteiger partial charge on any atom is 0.416 e. The minimum absolute atomic E-state index is 0.132. The molecule has 0 bridgehead atoms. The van der Waals surface area contributed by atoms with Gasteiger partial charge in [0.25, 0.3) is 0 Å². The number of nitrogens with one attached hydrogen (secondary N) is 2. The zero-order valence-electron chi connectivity index (χ0n) is 10.5. The summed E-state index contributed by atoms with van der Waals surface area (Å²) in [5.41, 5.74) is -0.765. The lowest BCUT2D eigenvalue weighted by Gasteiger charge is -2.12. The largest absolute Gasteiger partial charge is 0.416 e. The number of anilines is 2. The zero-order valence-corrected chi connectivity index (χ0v) is 10.5. The molecule has 0 unspecified atom stereocenters. The van der Waals surface area contributed by atoms with Crippen molar-refractivity contribution in [1.29, 1.82) is 0 Å². The predicted octanol–water partition coefficient (Wildman–Crippen LogP) is 2.18. The van der Waals surface area contributed by atoms with Crippen LogP contribution in [0.1, 0.15) is 11.4 Å². The van der Waals surface area contributed by atoms with Gasteiger partial charge in [-0.3, -0.25) is 0 Å². The molecule has 0 spiro atoms. The monoisotopic (exact) mass is 287 g/mol. The summed E-state index contributed by atoms with van der Waals surface area (Å²) in [4.78, 5) is 7.81. The number of pyridine rings is 1. The second kappa shape index (κ2) is 5.76. The van der Waals surface area contributed by atoms with Crippen LogP contribution >= 0.6 is 0 Å². The Morgan fingerprint density at radius 2 is 2.00 bits per heavy atom. The van der Waals surface area contributed by atoms with Crippen LogP contribution in [0.3, 0.4) is 0 Å². The summed E-state index contributed by atoms with van der Waals surface area (Å²) in [5.74, 6) is 0.743. The van der Waals surface area contributed by atoms with E-state index in [2.05, 4.69) is 30.3 Å². The molecule has 0 aliphatic heterocycles. The number of halogens is 3. The van der Waals surface area contributed by atoms with E-state index in [-0.39, 0.29) is 11.6 Å². The highest BCUT2D eigenvalue weighted by atomic mass is 19.4. The maximum absolute atomic E-state index is 12.7. The molecular formula is C11H12F3N5O. The van der Waals surface area contributed by atoms with Crippen LogP contribution in [0.5, 0.6) is 0 Å². The minimum Gasteiger partial charge on any atom is -0.373 e. The summed E-state index contributed by atoms with van der Waals surface area (Å²) in [6.45, 7) is 0.344. The molecule has 0 saturated carbocycles. The summed E-state index contributed by atoms with van der Waals surface area (Å²) in [7, 11) is 1.51. The molecule has 20 heavy (non-hydrogen) atoms. The highest BCUT2D eigenvalue weighted by Gasteiger charge is 2.31. The Labute approximate surface area is 112 Å². The Bertz CT molecular complexity index is 556. The van der Waals surface area contributed by atoms with Gasteiger partial charge in [0.1, 0.15) is 11.6 Å². The summed E-state index contributed by atoms with van der Waals surface area (Å²) in [5, 5.41) is 8.99. The van der Waals surface area contributed by atoms with E-state index in [0.717, 1.165) is 12.1 Å². The molecular weight excluding hydrogens is 275 g/mol. The molecule has 2 N–H and O–H groups in total. The third kappa shape index (κ3) is 3.59. The molecule has 0 amide bonds. The molecule has 2 aromatic rings. The van der Waals surface area contributed by atoms with E-state index in [1.807, 2.05) is 0 Å². The van der Waals surface area contributed by atoms with Crippen molar-refractivity contribution >= 4 is 11.6 Å². The van der Waals surface area contributed by atoms with Crippen LogP contribution in [0.25, 0.3) is 0 Å². The maximum atomic E-state index is 12.7. The smallest absolute Gasteiger partial charge is 0.373 e. The van der Waals surface area contributed by atoms with E-state index in [1.165, 1.54) is 13.4 Å². The lowest BCUT2D eigenvalue weighted by atomic mass is 10.2. The lowest BCUT2D eigenvalue weighted by molar-refractivity contribution is -0.137. The molecule has 2 heterocycles. The SMILES string of the molecule is CNc1cc(C(F)(F)F)cc(NCCc2ncon2)n1. The fourth-order valence-corrected chi connectivity index (χ4v) is 1.52. The highest BCUT2D eigenvalue weighted by molar-refractivity contribution is 5.49. The van der Waals surface area contributed by atoms with Gasteiger partial charge in [-0.2, -0.15) is 18.2 Å². The van der Waals surface area contributed by atoms with E-state index < -0.39 is 11.7 Å². The third-order valence-corrected chi connectivity index (χ3v) is 2.47. The van der Waals surface area contributed by atoms with Crippen molar-refractivity contribution in [2.75, 3.05) is 24.2 Å². The van der Waals surface area contributed by atoms with E-state index >= 15 is 0 Å². The number of nitrogens with zero attached hydrogens (tertiary/aromatic N) is 3. The molecule has 108 valence electrons. The number of aromatic nitrogens is 3. The Morgan fingerprint density at radius 3 is 2.60 bits per heavy atom. The van der Waals surface area contributed by atoms with Gasteiger partial charge in [-0.05, 0) is 12.1 Å². The molecule has 9 heteroatoms. The van der Waals surface area contributed by atoms with Gasteiger partial charge in [-0.1, -0.05) is 5.16 Å². The minimum atomic E-state index is -4.42. The molecule has 0 aliphatic rings. The quantitative estimate of drug-likeness (QED) is 0.878. The average molecular weight is 287 g/mol. The van der Waals surface area contributed by atoms with Crippen molar-refractivity contribution in [3.8, 4) is 0 Å². The van der Waals surface area contributed by atoms with Crippen molar-refractivity contribution in [3.05, 3.63) is 29.9 Å². The fraction of sp³-hybridized carbons (Fsp3) is 0.364. The Kier molecular flexibility index (Phi) is 4.06. The Balaban J connectivity index is 2.06. The molecule has 0 aromatic carbocycles. The van der Waals surface area contributed by atoms with Crippen LogP contribution < -0.4 is 10.6 Å². The molecule has 0 aliphatic carbocycles. The standard InChI is InChI=1S/C11H12F3N5O/c1-15-9-4-7(11(12,13)14)5-10(18-9)16-3-2-8-17-6-20-19-8/h4-6H,2-3H2,1H3,(H2,15,16,18). The summed E-state index contributed by atoms with van der Waals surface area (Å²) >= 11 is 0. The molecule has 2 rings (SSSR count). The van der Waals surface area contributed by atoms with Gasteiger partial charge in [0, 0.05) is 20.0 Å². The van der Waals surface area contributed by atoms with Crippen LogP contribution in [0.2, 0.25) is 0 Å². The highest BCUT2D eigenvalue weighted by Crippen LogP contribution is 2.31. The van der Waals surface area contributed by atoms with E-state index in [4.69, 9.17) is 0 Å². The van der Waals surface area contributed by atoms with Crippen molar-refractivity contribution in [1.82, 2.24) is 15.1 Å². The molecule has 6 nitrogen and oxygen atoms in total. The van der Waals surface area contributed by atoms with E-state index in [1.54, 1.807) is 0 Å². The Hall–Kier alpha value is -2.32. The first-order chi connectivity index (χ1) is 9.49. The van der Waals surface area contributed by atoms with Gasteiger partial charge in [0.15, 0.2) is 5.82 Å². The summed E-state index contributed by atoms with van der Waals surface area (Å²) < 4.78 is 42.7. The van der Waals surface area contributed by atoms with Crippen LogP contribution in [-0.4, -0.2) is 28.7 Å². The van der Waals surface area contributed by atoms with Gasteiger partial charge < -0.3 is 15.2 Å². The second-order valence-corrected chi connectivity index (χ2v) is 3.90. The lowest BCUT2D eigenvalue weighted by Crippen LogP contribution is -2.11. The third-order valence-electron chi connectivity index (χ3n) is 2.47. The van der Waals surface area contributed by atoms with Crippen molar-refractivity contribution in [2.45, 2.75) is 12.6 Å². The second-order valence-electron chi connectivity index (χ2n) is 3.90. The van der Waals surface area contributed by atoms with Crippen LogP contribution in [0, 0.1) is 0 Å². The number of hydrogen-bond acceptors (Lipinski definition) is 6. The van der Waals surface area contributed by atoms with Crippen molar-refractivity contribution in [3.63, 3.8) is 0 Å². The normalized spacial score (nSPS) is 11.4. The van der Waals surface area contributed by atoms with Crippen LogP contribution in [0.15, 0.2) is 23.0 Å². The molecule has 2 aromatic heterocycles. The first-order valence-electron chi connectivity index (χ1n) is 5.75. The van der Waals surface area contributed by atoms with Gasteiger partial charge in [-0.25, -0.2) is 4.98 Å². The number of rotatable bonds is 5. The Morgan fingerprint density at radius 1 is 1.25 bits per heavy atom.